The highest BCUT2D eigenvalue weighted by molar-refractivity contribution is 7.79. The van der Waals surface area contributed by atoms with Crippen LogP contribution < -0.4 is 0 Å². The number of benzene rings is 1. The number of rotatable bonds is 2. The van der Waals surface area contributed by atoms with Crippen molar-refractivity contribution in [3.63, 3.8) is 0 Å². The second kappa shape index (κ2) is 4.11. The molecule has 1 N–H and O–H groups in total. The van der Waals surface area contributed by atoms with Gasteiger partial charge in [-0.1, -0.05) is 6.07 Å². The largest absolute Gasteiger partial charge is 0.379 e. The van der Waals surface area contributed by atoms with Gasteiger partial charge in [0.15, 0.2) is 11.1 Å². The fourth-order valence-corrected chi connectivity index (χ4v) is 1.20. The average molecular weight is 204 g/mol. The Bertz CT molecular complexity index is 352. The summed E-state index contributed by atoms with van der Waals surface area (Å²) in [6, 6.07) is 5.05. The standard InChI is InChI=1S/C7H5FO4S/c8-12-7(9)5-2-1-3-6(4-5)13(10)11/h1-4H,(H,10,11). The van der Waals surface area contributed by atoms with Crippen LogP contribution in [-0.2, 0) is 16.0 Å². The number of hydrogen-bond acceptors (Lipinski definition) is 3. The maximum atomic E-state index is 11.4. The topological polar surface area (TPSA) is 63.6 Å². The van der Waals surface area contributed by atoms with Crippen molar-refractivity contribution in [1.29, 1.82) is 0 Å². The molecule has 1 aromatic carbocycles. The van der Waals surface area contributed by atoms with Crippen molar-refractivity contribution in [2.75, 3.05) is 0 Å². The second-order valence-electron chi connectivity index (χ2n) is 2.14. The maximum absolute atomic E-state index is 11.4. The van der Waals surface area contributed by atoms with Gasteiger partial charge in [0.2, 0.25) is 0 Å². The number of halogens is 1. The van der Waals surface area contributed by atoms with Gasteiger partial charge in [-0.25, -0.2) is 13.9 Å². The fourth-order valence-electron chi connectivity index (χ4n) is 0.776. The van der Waals surface area contributed by atoms with Gasteiger partial charge >= 0.3 is 5.97 Å². The van der Waals surface area contributed by atoms with Crippen LogP contribution in [0, 0.1) is 0 Å². The summed E-state index contributed by atoms with van der Waals surface area (Å²) in [5.41, 5.74) is -0.109. The molecule has 6 heteroatoms. The van der Waals surface area contributed by atoms with E-state index in [1.54, 1.807) is 0 Å². The van der Waals surface area contributed by atoms with E-state index in [0.29, 0.717) is 0 Å². The summed E-state index contributed by atoms with van der Waals surface area (Å²) in [5, 5.41) is 0. The second-order valence-corrected chi connectivity index (χ2v) is 3.11. The van der Waals surface area contributed by atoms with E-state index in [-0.39, 0.29) is 10.5 Å². The van der Waals surface area contributed by atoms with Crippen LogP contribution in [0.2, 0.25) is 0 Å². The van der Waals surface area contributed by atoms with Crippen LogP contribution in [0.4, 0.5) is 4.53 Å². The van der Waals surface area contributed by atoms with Crippen LogP contribution in [-0.4, -0.2) is 14.7 Å². The van der Waals surface area contributed by atoms with Crippen LogP contribution in [0.5, 0.6) is 0 Å². The molecule has 13 heavy (non-hydrogen) atoms. The molecular weight excluding hydrogens is 199 g/mol. The molecule has 1 rings (SSSR count). The molecule has 0 aromatic heterocycles. The quantitative estimate of drug-likeness (QED) is 0.737. The average Bonchev–Trinajstić information content (AvgIpc) is 2.17. The Morgan fingerprint density at radius 1 is 1.54 bits per heavy atom. The van der Waals surface area contributed by atoms with Crippen molar-refractivity contribution in [1.82, 2.24) is 0 Å². The third-order valence-corrected chi connectivity index (χ3v) is 2.00. The molecule has 0 aliphatic heterocycles. The molecule has 4 nitrogen and oxygen atoms in total. The monoisotopic (exact) mass is 204 g/mol. The summed E-state index contributed by atoms with van der Waals surface area (Å²) in [7, 11) is 0. The summed E-state index contributed by atoms with van der Waals surface area (Å²) in [6.07, 6.45) is 0. The third-order valence-electron chi connectivity index (χ3n) is 1.34. The smallest absolute Gasteiger partial charge is 0.302 e. The van der Waals surface area contributed by atoms with Gasteiger partial charge in [-0.05, 0) is 18.2 Å². The molecule has 0 aliphatic rings. The van der Waals surface area contributed by atoms with E-state index in [4.69, 9.17) is 4.55 Å². The molecule has 70 valence electrons. The molecule has 0 bridgehead atoms. The van der Waals surface area contributed by atoms with Gasteiger partial charge in [-0.15, -0.1) is 0 Å². The molecule has 1 unspecified atom stereocenters. The summed E-state index contributed by atoms with van der Waals surface area (Å²) < 4.78 is 30.6. The normalized spacial score (nSPS) is 12.2. The molecule has 1 atom stereocenters. The molecule has 0 saturated carbocycles. The summed E-state index contributed by atoms with van der Waals surface area (Å²) in [5.74, 6) is -1.19. The SMILES string of the molecule is O=C(OF)c1cccc(S(=O)O)c1. The van der Waals surface area contributed by atoms with E-state index in [0.717, 1.165) is 6.07 Å². The maximum Gasteiger partial charge on any atom is 0.379 e. The van der Waals surface area contributed by atoms with Gasteiger partial charge in [-0.2, -0.15) is 0 Å². The Balaban J connectivity index is 3.05. The van der Waals surface area contributed by atoms with Gasteiger partial charge in [0.25, 0.3) is 0 Å². The van der Waals surface area contributed by atoms with E-state index < -0.39 is 17.0 Å². The Kier molecular flexibility index (Phi) is 3.10. The van der Waals surface area contributed by atoms with Gasteiger partial charge < -0.3 is 4.55 Å². The van der Waals surface area contributed by atoms with Gasteiger partial charge in [0, 0.05) is 4.53 Å². The van der Waals surface area contributed by atoms with Gasteiger partial charge in [-0.3, -0.25) is 0 Å². The van der Waals surface area contributed by atoms with E-state index in [9.17, 15) is 13.5 Å². The van der Waals surface area contributed by atoms with Crippen molar-refractivity contribution < 1.29 is 23.0 Å². The molecule has 0 heterocycles. The van der Waals surface area contributed by atoms with Gasteiger partial charge in [0.1, 0.15) is 0 Å². The Labute approximate surface area is 75.5 Å². The van der Waals surface area contributed by atoms with Crippen LogP contribution in [0.1, 0.15) is 10.4 Å². The molecule has 0 saturated heterocycles. The molecule has 0 amide bonds. The molecule has 0 fully saturated rings. The molecular formula is C7H5FO4S. The van der Waals surface area contributed by atoms with Crippen molar-refractivity contribution in [3.8, 4) is 0 Å². The number of hydrogen-bond donors (Lipinski definition) is 1. The summed E-state index contributed by atoms with van der Waals surface area (Å²) >= 11 is -2.19. The third kappa shape index (κ3) is 2.33. The summed E-state index contributed by atoms with van der Waals surface area (Å²) in [4.78, 5) is 13.6. The van der Waals surface area contributed by atoms with E-state index >= 15 is 0 Å². The first-order valence-corrected chi connectivity index (χ1v) is 4.29. The van der Waals surface area contributed by atoms with Crippen LogP contribution >= 0.6 is 0 Å². The lowest BCUT2D eigenvalue weighted by atomic mass is 10.2. The van der Waals surface area contributed by atoms with Crippen LogP contribution in [0.25, 0.3) is 0 Å². The summed E-state index contributed by atoms with van der Waals surface area (Å²) in [6.45, 7) is 0. The van der Waals surface area contributed by atoms with Crippen molar-refractivity contribution >= 4 is 17.0 Å². The molecule has 0 spiro atoms. The Hall–Kier alpha value is -1.27. The lowest BCUT2D eigenvalue weighted by Crippen LogP contribution is -1.99. The first kappa shape index (κ1) is 9.82. The Morgan fingerprint density at radius 2 is 2.23 bits per heavy atom. The molecule has 0 aliphatic carbocycles. The first-order valence-electron chi connectivity index (χ1n) is 3.19. The number of carbonyl (C=O) groups is 1. The van der Waals surface area contributed by atoms with E-state index in [1.165, 1.54) is 18.2 Å². The fraction of sp³-hybridized carbons (Fsp3) is 0. The van der Waals surface area contributed by atoms with Crippen molar-refractivity contribution in [2.24, 2.45) is 0 Å². The highest BCUT2D eigenvalue weighted by Gasteiger charge is 2.09. The lowest BCUT2D eigenvalue weighted by molar-refractivity contribution is -0.0788. The molecule has 1 aromatic rings. The van der Waals surface area contributed by atoms with Crippen molar-refractivity contribution in [3.05, 3.63) is 29.8 Å². The minimum Gasteiger partial charge on any atom is -0.302 e. The predicted molar refractivity (Wildman–Crippen MR) is 42.0 cm³/mol. The van der Waals surface area contributed by atoms with Crippen molar-refractivity contribution in [2.45, 2.75) is 4.90 Å². The van der Waals surface area contributed by atoms with E-state index in [1.807, 2.05) is 0 Å². The van der Waals surface area contributed by atoms with Gasteiger partial charge in [0.05, 0.1) is 10.5 Å². The first-order chi connectivity index (χ1) is 6.15. The zero-order valence-corrected chi connectivity index (χ0v) is 7.08. The highest BCUT2D eigenvalue weighted by atomic mass is 32.2. The lowest BCUT2D eigenvalue weighted by Gasteiger charge is -1.97. The molecule has 0 radical (unpaired) electrons. The van der Waals surface area contributed by atoms with Crippen LogP contribution in [0.3, 0.4) is 0 Å². The highest BCUT2D eigenvalue weighted by Crippen LogP contribution is 2.09. The predicted octanol–water partition coefficient (Wildman–Crippen LogP) is 1.31. The van der Waals surface area contributed by atoms with E-state index in [2.05, 4.69) is 4.94 Å². The minimum absolute atomic E-state index is 0.0166. The minimum atomic E-state index is -2.19. The zero-order valence-electron chi connectivity index (χ0n) is 6.27. The van der Waals surface area contributed by atoms with Crippen LogP contribution in [0.15, 0.2) is 29.2 Å². The number of carbonyl (C=O) groups excluding carboxylic acids is 1. The Morgan fingerprint density at radius 3 is 2.77 bits per heavy atom. The zero-order chi connectivity index (χ0) is 9.84.